The van der Waals surface area contributed by atoms with E-state index < -0.39 is 6.03 Å². The molecule has 0 radical (unpaired) electrons. The van der Waals surface area contributed by atoms with Crippen LogP contribution in [0, 0.1) is 13.8 Å². The summed E-state index contributed by atoms with van der Waals surface area (Å²) in [6.07, 6.45) is 8.27. The molecule has 0 atom stereocenters. The van der Waals surface area contributed by atoms with Crippen molar-refractivity contribution in [3.63, 3.8) is 0 Å². The number of carbonyl (C=O) groups is 2. The largest absolute Gasteiger partial charge is 0.335 e. The summed E-state index contributed by atoms with van der Waals surface area (Å²) in [4.78, 5) is 44.3. The Labute approximate surface area is 184 Å². The average molecular weight is 449 g/mol. The highest BCUT2D eigenvalue weighted by Gasteiger charge is 2.25. The third-order valence-corrected chi connectivity index (χ3v) is 8.22. The second kappa shape index (κ2) is 9.09. The van der Waals surface area contributed by atoms with Crippen LogP contribution in [0.4, 0.5) is 4.79 Å². The van der Waals surface area contributed by atoms with Gasteiger partial charge in [-0.3, -0.25) is 19.5 Å². The number of aromatic nitrogens is 2. The Morgan fingerprint density at radius 2 is 1.80 bits per heavy atom. The van der Waals surface area contributed by atoms with Gasteiger partial charge in [-0.05, 0) is 45.1 Å². The van der Waals surface area contributed by atoms with Crippen LogP contribution in [0.25, 0.3) is 10.2 Å². The molecule has 2 N–H and O–H groups in total. The summed E-state index contributed by atoms with van der Waals surface area (Å²) >= 11 is 2.76. The molecule has 30 heavy (non-hydrogen) atoms. The minimum absolute atomic E-state index is 0.00404. The van der Waals surface area contributed by atoms with E-state index in [0.29, 0.717) is 10.5 Å². The SMILES string of the molecule is Cc1sc2nc(SCC(=O)NC(=O)NC3CCCC3)n(C3CCCC3)c(=O)c2c1C. The number of rotatable bonds is 5. The molecule has 4 rings (SSSR count). The summed E-state index contributed by atoms with van der Waals surface area (Å²) < 4.78 is 1.80. The van der Waals surface area contributed by atoms with Gasteiger partial charge < -0.3 is 5.32 Å². The lowest BCUT2D eigenvalue weighted by Gasteiger charge is -2.18. The van der Waals surface area contributed by atoms with Crippen LogP contribution >= 0.6 is 23.1 Å². The summed E-state index contributed by atoms with van der Waals surface area (Å²) in [5, 5.41) is 6.54. The van der Waals surface area contributed by atoms with Gasteiger partial charge in [0.2, 0.25) is 5.91 Å². The van der Waals surface area contributed by atoms with E-state index in [2.05, 4.69) is 10.6 Å². The van der Waals surface area contributed by atoms with Crippen molar-refractivity contribution in [1.29, 1.82) is 0 Å². The number of carbonyl (C=O) groups excluding carboxylic acids is 2. The van der Waals surface area contributed by atoms with Gasteiger partial charge in [0.05, 0.1) is 11.1 Å². The van der Waals surface area contributed by atoms with Crippen LogP contribution in [0.15, 0.2) is 9.95 Å². The number of fused-ring (bicyclic) bond motifs is 1. The molecule has 3 amide bonds. The van der Waals surface area contributed by atoms with Gasteiger partial charge in [-0.1, -0.05) is 37.4 Å². The fourth-order valence-electron chi connectivity index (χ4n) is 4.46. The van der Waals surface area contributed by atoms with E-state index in [-0.39, 0.29) is 29.3 Å². The number of nitrogens with zero attached hydrogens (tertiary/aromatic N) is 2. The molecular weight excluding hydrogens is 420 g/mol. The van der Waals surface area contributed by atoms with E-state index in [1.807, 2.05) is 13.8 Å². The molecule has 2 aliphatic carbocycles. The molecule has 2 aliphatic rings. The molecule has 2 fully saturated rings. The van der Waals surface area contributed by atoms with Crippen molar-refractivity contribution in [1.82, 2.24) is 20.2 Å². The topological polar surface area (TPSA) is 93.1 Å². The fourth-order valence-corrected chi connectivity index (χ4v) is 6.40. The number of hydrogen-bond donors (Lipinski definition) is 2. The standard InChI is InChI=1S/C21H28N4O3S2/c1-12-13(2)30-18-17(12)19(27)25(15-9-5-6-10-15)21(24-18)29-11-16(26)23-20(28)22-14-7-3-4-8-14/h14-15H,3-11H2,1-2H3,(H2,22,23,26,28). The monoisotopic (exact) mass is 448 g/mol. The van der Waals surface area contributed by atoms with Crippen LogP contribution in [0.3, 0.4) is 0 Å². The highest BCUT2D eigenvalue weighted by molar-refractivity contribution is 7.99. The molecule has 0 unspecified atom stereocenters. The first-order valence-electron chi connectivity index (χ1n) is 10.7. The number of amides is 3. The molecule has 2 aromatic rings. The quantitative estimate of drug-likeness (QED) is 0.532. The van der Waals surface area contributed by atoms with Gasteiger partial charge in [-0.15, -0.1) is 11.3 Å². The van der Waals surface area contributed by atoms with E-state index >= 15 is 0 Å². The lowest BCUT2D eigenvalue weighted by atomic mass is 10.2. The number of imide groups is 1. The number of nitrogens with one attached hydrogen (secondary N) is 2. The molecule has 9 heteroatoms. The fraction of sp³-hybridized carbons (Fsp3) is 0.619. The van der Waals surface area contributed by atoms with Crippen molar-refractivity contribution >= 4 is 45.3 Å². The van der Waals surface area contributed by atoms with E-state index in [4.69, 9.17) is 4.98 Å². The van der Waals surface area contributed by atoms with Crippen LogP contribution in [0.2, 0.25) is 0 Å². The van der Waals surface area contributed by atoms with Gasteiger partial charge in [0.25, 0.3) is 5.56 Å². The average Bonchev–Trinajstić information content (AvgIpc) is 3.44. The summed E-state index contributed by atoms with van der Waals surface area (Å²) in [5.41, 5.74) is 0.993. The molecule has 0 bridgehead atoms. The number of thioether (sulfide) groups is 1. The van der Waals surface area contributed by atoms with Crippen molar-refractivity contribution in [3.05, 3.63) is 20.8 Å². The van der Waals surface area contributed by atoms with Gasteiger partial charge in [0.15, 0.2) is 5.16 Å². The molecule has 2 aromatic heterocycles. The Balaban J connectivity index is 1.51. The summed E-state index contributed by atoms with van der Waals surface area (Å²) in [5.74, 6) is -0.326. The molecule has 162 valence electrons. The van der Waals surface area contributed by atoms with Crippen molar-refractivity contribution in [3.8, 4) is 0 Å². The lowest BCUT2D eigenvalue weighted by Crippen LogP contribution is -2.44. The Morgan fingerprint density at radius 3 is 2.50 bits per heavy atom. The van der Waals surface area contributed by atoms with Crippen LogP contribution in [-0.2, 0) is 4.79 Å². The van der Waals surface area contributed by atoms with Gasteiger partial charge in [0.1, 0.15) is 4.83 Å². The second-order valence-corrected chi connectivity index (χ2v) is 10.4. The lowest BCUT2D eigenvalue weighted by molar-refractivity contribution is -0.117. The van der Waals surface area contributed by atoms with Gasteiger partial charge >= 0.3 is 6.03 Å². The van der Waals surface area contributed by atoms with E-state index in [9.17, 15) is 14.4 Å². The van der Waals surface area contributed by atoms with Crippen molar-refractivity contribution in [2.45, 2.75) is 82.5 Å². The maximum Gasteiger partial charge on any atom is 0.321 e. The third-order valence-electron chi connectivity index (χ3n) is 6.17. The van der Waals surface area contributed by atoms with E-state index in [0.717, 1.165) is 66.6 Å². The first-order chi connectivity index (χ1) is 14.4. The normalized spacial score (nSPS) is 17.7. The predicted molar refractivity (Wildman–Crippen MR) is 121 cm³/mol. The molecule has 2 heterocycles. The molecule has 2 saturated carbocycles. The van der Waals surface area contributed by atoms with E-state index in [1.54, 1.807) is 4.57 Å². The first kappa shape index (κ1) is 21.4. The summed E-state index contributed by atoms with van der Waals surface area (Å²) in [7, 11) is 0. The molecular formula is C21H28N4O3S2. The summed E-state index contributed by atoms with van der Waals surface area (Å²) in [6, 6.07) is -0.147. The Bertz CT molecular complexity index is 1020. The number of hydrogen-bond acceptors (Lipinski definition) is 6. The van der Waals surface area contributed by atoms with Gasteiger partial charge in [0, 0.05) is 17.0 Å². The maximum atomic E-state index is 13.3. The van der Waals surface area contributed by atoms with Crippen LogP contribution in [-0.4, -0.2) is 33.3 Å². The minimum atomic E-state index is -0.436. The Hall–Kier alpha value is -1.87. The summed E-state index contributed by atoms with van der Waals surface area (Å²) in [6.45, 7) is 3.98. The second-order valence-electron chi connectivity index (χ2n) is 8.26. The molecule has 0 aromatic carbocycles. The maximum absolute atomic E-state index is 13.3. The predicted octanol–water partition coefficient (Wildman–Crippen LogP) is 4.05. The zero-order valence-corrected chi connectivity index (χ0v) is 19.1. The smallest absolute Gasteiger partial charge is 0.321 e. The van der Waals surface area contributed by atoms with E-state index in [1.165, 1.54) is 23.1 Å². The van der Waals surface area contributed by atoms with Crippen LogP contribution in [0.1, 0.15) is 67.8 Å². The molecule has 0 aliphatic heterocycles. The first-order valence-corrected chi connectivity index (χ1v) is 12.5. The van der Waals surface area contributed by atoms with Crippen LogP contribution < -0.4 is 16.2 Å². The van der Waals surface area contributed by atoms with Crippen molar-refractivity contribution in [2.75, 3.05) is 5.75 Å². The third kappa shape index (κ3) is 4.42. The van der Waals surface area contributed by atoms with Crippen LogP contribution in [0.5, 0.6) is 0 Å². The zero-order chi connectivity index (χ0) is 21.3. The molecule has 7 nitrogen and oxygen atoms in total. The molecule has 0 saturated heterocycles. The Morgan fingerprint density at radius 1 is 1.13 bits per heavy atom. The van der Waals surface area contributed by atoms with Gasteiger partial charge in [-0.25, -0.2) is 9.78 Å². The highest BCUT2D eigenvalue weighted by Crippen LogP contribution is 2.34. The van der Waals surface area contributed by atoms with Crippen molar-refractivity contribution in [2.24, 2.45) is 0 Å². The zero-order valence-electron chi connectivity index (χ0n) is 17.5. The Kier molecular flexibility index (Phi) is 6.48. The minimum Gasteiger partial charge on any atom is -0.335 e. The number of aryl methyl sites for hydroxylation is 2. The van der Waals surface area contributed by atoms with Crippen molar-refractivity contribution < 1.29 is 9.59 Å². The highest BCUT2D eigenvalue weighted by atomic mass is 32.2. The molecule has 0 spiro atoms. The number of thiophene rings is 1. The number of urea groups is 1. The van der Waals surface area contributed by atoms with Gasteiger partial charge in [-0.2, -0.15) is 0 Å².